The van der Waals surface area contributed by atoms with Gasteiger partial charge in [-0.05, 0) is 50.1 Å². The Kier molecular flexibility index (Phi) is 4.35. The predicted octanol–water partition coefficient (Wildman–Crippen LogP) is 3.02. The van der Waals surface area contributed by atoms with Gasteiger partial charge in [0.25, 0.3) is 5.91 Å². The molecule has 1 aromatic carbocycles. The third-order valence-electron chi connectivity index (χ3n) is 2.88. The maximum absolute atomic E-state index is 11.8. The number of pyridine rings is 1. The Morgan fingerprint density at radius 1 is 1.20 bits per heavy atom. The average molecular weight is 270 g/mol. The third-order valence-corrected chi connectivity index (χ3v) is 2.88. The van der Waals surface area contributed by atoms with Gasteiger partial charge in [-0.25, -0.2) is 0 Å². The number of amides is 1. The molecule has 0 saturated heterocycles. The molecule has 0 unspecified atom stereocenters. The van der Waals surface area contributed by atoms with Crippen molar-refractivity contribution in [1.82, 2.24) is 4.98 Å². The number of hydrogen-bond acceptors (Lipinski definition) is 3. The standard InChI is InChI=1S/C16H18N2O2/c1-11-4-5-12(2)15(8-11)20-10-16(19)18-14-6-7-17-13(3)9-14/h4-9H,10H2,1-3H3,(H,17,18,19). The fourth-order valence-electron chi connectivity index (χ4n) is 1.83. The lowest BCUT2D eigenvalue weighted by atomic mass is 10.1. The van der Waals surface area contributed by atoms with Gasteiger partial charge in [-0.1, -0.05) is 12.1 Å². The first-order valence-corrected chi connectivity index (χ1v) is 6.47. The highest BCUT2D eigenvalue weighted by Crippen LogP contribution is 2.19. The molecule has 0 atom stereocenters. The van der Waals surface area contributed by atoms with E-state index in [4.69, 9.17) is 4.74 Å². The van der Waals surface area contributed by atoms with E-state index in [1.54, 1.807) is 12.3 Å². The number of benzene rings is 1. The van der Waals surface area contributed by atoms with E-state index in [0.717, 1.165) is 28.3 Å². The van der Waals surface area contributed by atoms with Crippen LogP contribution in [0.25, 0.3) is 0 Å². The molecule has 0 radical (unpaired) electrons. The van der Waals surface area contributed by atoms with E-state index in [-0.39, 0.29) is 12.5 Å². The molecule has 2 aromatic rings. The number of aryl methyl sites for hydroxylation is 3. The van der Waals surface area contributed by atoms with Crippen LogP contribution in [-0.4, -0.2) is 17.5 Å². The summed E-state index contributed by atoms with van der Waals surface area (Å²) < 4.78 is 5.55. The van der Waals surface area contributed by atoms with E-state index in [0.29, 0.717) is 0 Å². The molecule has 20 heavy (non-hydrogen) atoms. The second kappa shape index (κ2) is 6.19. The average Bonchev–Trinajstić information content (AvgIpc) is 2.40. The molecule has 1 amide bonds. The summed E-state index contributed by atoms with van der Waals surface area (Å²) in [5.41, 5.74) is 3.71. The number of anilines is 1. The summed E-state index contributed by atoms with van der Waals surface area (Å²) in [7, 11) is 0. The van der Waals surface area contributed by atoms with Crippen LogP contribution in [0.15, 0.2) is 36.5 Å². The zero-order valence-electron chi connectivity index (χ0n) is 11.9. The molecular formula is C16H18N2O2. The van der Waals surface area contributed by atoms with Gasteiger partial charge in [-0.2, -0.15) is 0 Å². The van der Waals surface area contributed by atoms with Crippen LogP contribution >= 0.6 is 0 Å². The molecule has 2 rings (SSSR count). The Balaban J connectivity index is 1.94. The van der Waals surface area contributed by atoms with Gasteiger partial charge >= 0.3 is 0 Å². The van der Waals surface area contributed by atoms with Crippen molar-refractivity contribution < 1.29 is 9.53 Å². The summed E-state index contributed by atoms with van der Waals surface area (Å²) in [5.74, 6) is 0.558. The van der Waals surface area contributed by atoms with Crippen LogP contribution in [0.5, 0.6) is 5.75 Å². The highest BCUT2D eigenvalue weighted by molar-refractivity contribution is 5.91. The van der Waals surface area contributed by atoms with Crippen molar-refractivity contribution in [3.8, 4) is 5.75 Å². The largest absolute Gasteiger partial charge is 0.483 e. The van der Waals surface area contributed by atoms with Crippen LogP contribution in [0.1, 0.15) is 16.8 Å². The fourth-order valence-corrected chi connectivity index (χ4v) is 1.83. The van der Waals surface area contributed by atoms with Crippen LogP contribution in [0, 0.1) is 20.8 Å². The number of carbonyl (C=O) groups excluding carboxylic acids is 1. The highest BCUT2D eigenvalue weighted by atomic mass is 16.5. The van der Waals surface area contributed by atoms with E-state index < -0.39 is 0 Å². The molecule has 1 heterocycles. The summed E-state index contributed by atoms with van der Waals surface area (Å²) in [4.78, 5) is 15.9. The lowest BCUT2D eigenvalue weighted by Gasteiger charge is -2.10. The first kappa shape index (κ1) is 14.1. The van der Waals surface area contributed by atoms with Crippen molar-refractivity contribution in [3.05, 3.63) is 53.3 Å². The third kappa shape index (κ3) is 3.82. The van der Waals surface area contributed by atoms with Crippen LogP contribution in [-0.2, 0) is 4.79 Å². The number of nitrogens with one attached hydrogen (secondary N) is 1. The van der Waals surface area contributed by atoms with E-state index in [1.807, 2.05) is 45.0 Å². The van der Waals surface area contributed by atoms with Gasteiger partial charge in [0.2, 0.25) is 0 Å². The molecular weight excluding hydrogens is 252 g/mol. The van der Waals surface area contributed by atoms with Gasteiger partial charge in [-0.3, -0.25) is 9.78 Å². The smallest absolute Gasteiger partial charge is 0.262 e. The summed E-state index contributed by atoms with van der Waals surface area (Å²) in [6.45, 7) is 5.82. The number of rotatable bonds is 4. The monoisotopic (exact) mass is 270 g/mol. The second-order valence-electron chi connectivity index (χ2n) is 4.79. The van der Waals surface area contributed by atoms with Crippen LogP contribution in [0.4, 0.5) is 5.69 Å². The zero-order valence-corrected chi connectivity index (χ0v) is 11.9. The molecule has 0 fully saturated rings. The molecule has 0 saturated carbocycles. The molecule has 0 spiro atoms. The number of nitrogens with zero attached hydrogens (tertiary/aromatic N) is 1. The van der Waals surface area contributed by atoms with Crippen LogP contribution in [0.2, 0.25) is 0 Å². The minimum atomic E-state index is -0.184. The predicted molar refractivity (Wildman–Crippen MR) is 79.0 cm³/mol. The van der Waals surface area contributed by atoms with Gasteiger partial charge in [0.1, 0.15) is 5.75 Å². The minimum absolute atomic E-state index is 0.00827. The molecule has 4 heteroatoms. The molecule has 0 bridgehead atoms. The summed E-state index contributed by atoms with van der Waals surface area (Å²) in [6, 6.07) is 9.49. The highest BCUT2D eigenvalue weighted by Gasteiger charge is 2.06. The van der Waals surface area contributed by atoms with Gasteiger partial charge in [0, 0.05) is 17.6 Å². The summed E-state index contributed by atoms with van der Waals surface area (Å²) in [5, 5.41) is 2.78. The first-order chi connectivity index (χ1) is 9.54. The van der Waals surface area contributed by atoms with E-state index >= 15 is 0 Å². The van der Waals surface area contributed by atoms with Crippen molar-refractivity contribution in [1.29, 1.82) is 0 Å². The Morgan fingerprint density at radius 2 is 2.00 bits per heavy atom. The van der Waals surface area contributed by atoms with Crippen LogP contribution < -0.4 is 10.1 Å². The number of carbonyl (C=O) groups is 1. The lowest BCUT2D eigenvalue weighted by Crippen LogP contribution is -2.20. The fraction of sp³-hybridized carbons (Fsp3) is 0.250. The SMILES string of the molecule is Cc1ccc(C)c(OCC(=O)Nc2ccnc(C)c2)c1. The van der Waals surface area contributed by atoms with Gasteiger partial charge in [0.15, 0.2) is 6.61 Å². The normalized spacial score (nSPS) is 10.2. The molecule has 104 valence electrons. The van der Waals surface area contributed by atoms with Crippen LogP contribution in [0.3, 0.4) is 0 Å². The van der Waals surface area contributed by atoms with Gasteiger partial charge in [-0.15, -0.1) is 0 Å². The van der Waals surface area contributed by atoms with Crippen molar-refractivity contribution in [2.45, 2.75) is 20.8 Å². The maximum Gasteiger partial charge on any atom is 0.262 e. The molecule has 1 N–H and O–H groups in total. The van der Waals surface area contributed by atoms with Gasteiger partial charge < -0.3 is 10.1 Å². The van der Waals surface area contributed by atoms with E-state index in [9.17, 15) is 4.79 Å². The molecule has 1 aromatic heterocycles. The molecule has 0 aliphatic heterocycles. The first-order valence-electron chi connectivity index (χ1n) is 6.47. The maximum atomic E-state index is 11.8. The topological polar surface area (TPSA) is 51.2 Å². The summed E-state index contributed by atoms with van der Waals surface area (Å²) in [6.07, 6.45) is 1.66. The Labute approximate surface area is 118 Å². The van der Waals surface area contributed by atoms with Gasteiger partial charge in [0.05, 0.1) is 0 Å². The number of aromatic nitrogens is 1. The van der Waals surface area contributed by atoms with Crippen molar-refractivity contribution in [2.75, 3.05) is 11.9 Å². The summed E-state index contributed by atoms with van der Waals surface area (Å²) >= 11 is 0. The van der Waals surface area contributed by atoms with E-state index in [2.05, 4.69) is 10.3 Å². The quantitative estimate of drug-likeness (QED) is 0.929. The Hall–Kier alpha value is -2.36. The molecule has 0 aliphatic carbocycles. The van der Waals surface area contributed by atoms with E-state index in [1.165, 1.54) is 0 Å². The van der Waals surface area contributed by atoms with Crippen molar-refractivity contribution in [2.24, 2.45) is 0 Å². The minimum Gasteiger partial charge on any atom is -0.483 e. The van der Waals surface area contributed by atoms with Crippen molar-refractivity contribution in [3.63, 3.8) is 0 Å². The zero-order chi connectivity index (χ0) is 14.5. The lowest BCUT2D eigenvalue weighted by molar-refractivity contribution is -0.118. The molecule has 4 nitrogen and oxygen atoms in total. The Morgan fingerprint density at radius 3 is 2.75 bits per heavy atom. The Bertz CT molecular complexity index is 624. The van der Waals surface area contributed by atoms with Crippen molar-refractivity contribution >= 4 is 11.6 Å². The second-order valence-corrected chi connectivity index (χ2v) is 4.79. The molecule has 0 aliphatic rings. The number of ether oxygens (including phenoxy) is 1. The number of hydrogen-bond donors (Lipinski definition) is 1.